The molecule has 46 heavy (non-hydrogen) atoms. The molecule has 0 spiro atoms. The summed E-state index contributed by atoms with van der Waals surface area (Å²) >= 11 is 7.06. The van der Waals surface area contributed by atoms with Crippen LogP contribution in [0.25, 0.3) is 11.1 Å². The Morgan fingerprint density at radius 2 is 1.78 bits per heavy atom. The smallest absolute Gasteiger partial charge is 0.295 e. The summed E-state index contributed by atoms with van der Waals surface area (Å²) < 4.78 is 88.1. The molecule has 1 unspecified atom stereocenters. The van der Waals surface area contributed by atoms with Crippen LogP contribution in [-0.4, -0.2) is 24.5 Å². The van der Waals surface area contributed by atoms with Crippen LogP contribution in [0.15, 0.2) is 118 Å². The van der Waals surface area contributed by atoms with E-state index in [1.54, 1.807) is 42.5 Å². The number of halogens is 5. The summed E-state index contributed by atoms with van der Waals surface area (Å²) in [6.45, 7) is 3.35. The molecule has 0 fully saturated rings. The van der Waals surface area contributed by atoms with Crippen LogP contribution in [0.3, 0.4) is 0 Å². The molecule has 3 aromatic rings. The van der Waals surface area contributed by atoms with Gasteiger partial charge in [0.15, 0.2) is 5.78 Å². The van der Waals surface area contributed by atoms with Gasteiger partial charge < -0.3 is 0 Å². The highest BCUT2D eigenvalue weighted by Gasteiger charge is 2.47. The van der Waals surface area contributed by atoms with E-state index in [-0.39, 0.29) is 44.5 Å². The molecule has 11 heteroatoms. The number of thiophene rings is 1. The minimum Gasteiger partial charge on any atom is -0.295 e. The van der Waals surface area contributed by atoms with Gasteiger partial charge in [-0.05, 0) is 89.9 Å². The Morgan fingerprint density at radius 3 is 2.43 bits per heavy atom. The highest BCUT2D eigenvalue weighted by molar-refractivity contribution is 7.89. The van der Waals surface area contributed by atoms with Crippen LogP contribution in [0.2, 0.25) is 5.02 Å². The Morgan fingerprint density at radius 1 is 1.04 bits per heavy atom. The molecule has 2 heterocycles. The molecule has 0 amide bonds. The highest BCUT2D eigenvalue weighted by Crippen LogP contribution is 2.52. The normalized spacial score (nSPS) is 19.8. The van der Waals surface area contributed by atoms with Gasteiger partial charge in [0.1, 0.15) is 10.7 Å². The molecule has 1 aliphatic heterocycles. The van der Waals surface area contributed by atoms with Gasteiger partial charge in [-0.15, -0.1) is 11.3 Å². The fraction of sp³-hybridized carbons (Fsp3) is 0.171. The van der Waals surface area contributed by atoms with Crippen LogP contribution in [-0.2, 0) is 22.6 Å². The van der Waals surface area contributed by atoms with Crippen LogP contribution in [0.4, 0.5) is 17.6 Å². The first-order chi connectivity index (χ1) is 21.8. The van der Waals surface area contributed by atoms with Crippen molar-refractivity contribution in [1.82, 2.24) is 4.31 Å². The summed E-state index contributed by atoms with van der Waals surface area (Å²) in [5, 5.41) is 1.57. The molecular weight excluding hydrogens is 658 g/mol. The minimum absolute atomic E-state index is 0.00856. The second kappa shape index (κ2) is 12.0. The Kier molecular flexibility index (Phi) is 8.33. The molecule has 0 saturated carbocycles. The molecule has 6 rings (SSSR count). The average molecular weight is 684 g/mol. The molecule has 3 aliphatic rings. The monoisotopic (exact) mass is 683 g/mol. The maximum absolute atomic E-state index is 14.9. The third-order valence-electron chi connectivity index (χ3n) is 8.08. The zero-order valence-electron chi connectivity index (χ0n) is 24.5. The summed E-state index contributed by atoms with van der Waals surface area (Å²) in [6, 6.07) is 11.3. The molecular formula is C35H26ClF4NO3S2. The highest BCUT2D eigenvalue weighted by atomic mass is 35.5. The third-order valence-corrected chi connectivity index (χ3v) is 11.2. The zero-order valence-corrected chi connectivity index (χ0v) is 26.9. The summed E-state index contributed by atoms with van der Waals surface area (Å²) in [5.41, 5.74) is 2.72. The number of carbonyl (C=O) groups is 1. The Labute approximate surface area is 273 Å². The van der Waals surface area contributed by atoms with E-state index in [9.17, 15) is 30.8 Å². The summed E-state index contributed by atoms with van der Waals surface area (Å²) in [6.07, 6.45) is 4.94. The zero-order chi connectivity index (χ0) is 33.0. The molecule has 4 nitrogen and oxygen atoms in total. The van der Waals surface area contributed by atoms with E-state index in [4.69, 9.17) is 11.6 Å². The van der Waals surface area contributed by atoms with E-state index in [0.29, 0.717) is 40.0 Å². The molecule has 2 aliphatic carbocycles. The molecule has 1 atom stereocenters. The largest absolute Gasteiger partial charge is 0.426 e. The van der Waals surface area contributed by atoms with Gasteiger partial charge in [-0.25, -0.2) is 12.8 Å². The van der Waals surface area contributed by atoms with Crippen molar-refractivity contribution < 1.29 is 30.8 Å². The van der Waals surface area contributed by atoms with E-state index < -0.39 is 32.9 Å². The van der Waals surface area contributed by atoms with E-state index in [2.05, 4.69) is 0 Å². The van der Waals surface area contributed by atoms with Crippen molar-refractivity contribution in [1.29, 1.82) is 0 Å². The molecule has 2 aromatic carbocycles. The van der Waals surface area contributed by atoms with Crippen molar-refractivity contribution in [3.63, 3.8) is 0 Å². The molecule has 1 aromatic heterocycles. The molecule has 0 saturated heterocycles. The van der Waals surface area contributed by atoms with E-state index in [1.165, 1.54) is 42.6 Å². The number of Topliss-reactive ketones (excluding diaryl/α,β-unsaturated/α-hetero) is 1. The lowest BCUT2D eigenvalue weighted by Crippen LogP contribution is -2.36. The number of rotatable bonds is 6. The number of allylic oxidation sites excluding steroid dienone is 8. The van der Waals surface area contributed by atoms with E-state index in [0.717, 1.165) is 22.0 Å². The second-order valence-electron chi connectivity index (χ2n) is 11.0. The molecule has 0 radical (unpaired) electrons. The Hall–Kier alpha value is -3.99. The van der Waals surface area contributed by atoms with E-state index >= 15 is 0 Å². The number of fused-ring (bicyclic) bond motifs is 1. The number of benzene rings is 2. The standard InChI is InChI=1S/C35H26ClF4NO3S2/c1-3-21-7-11-26(12-8-21)46(43,44)41-31-14-10-25(37)19-29(31)32(28-15-16-45-34(28)35(38,39)40)33(41)24-6-4-5-23(17-24)27-13-9-22(20(2)42)18-30(27)36/h4-5,7-19,31H,3,6H2,1-2H3. The van der Waals surface area contributed by atoms with Crippen molar-refractivity contribution in [2.45, 2.75) is 43.8 Å². The first kappa shape index (κ1) is 32.0. The maximum atomic E-state index is 14.9. The lowest BCUT2D eigenvalue weighted by atomic mass is 9.90. The van der Waals surface area contributed by atoms with E-state index in [1.807, 2.05) is 6.92 Å². The molecule has 0 N–H and O–H groups in total. The fourth-order valence-electron chi connectivity index (χ4n) is 5.88. The number of nitrogens with zero attached hydrogens (tertiary/aromatic N) is 1. The lowest BCUT2D eigenvalue weighted by molar-refractivity contribution is -0.134. The van der Waals surface area contributed by atoms with Crippen LogP contribution in [0.5, 0.6) is 0 Å². The van der Waals surface area contributed by atoms with Gasteiger partial charge in [-0.1, -0.05) is 61.0 Å². The van der Waals surface area contributed by atoms with Gasteiger partial charge in [-0.2, -0.15) is 13.2 Å². The van der Waals surface area contributed by atoms with Crippen LogP contribution >= 0.6 is 22.9 Å². The number of sulfonamides is 1. The number of carbonyl (C=O) groups excluding carboxylic acids is 1. The topological polar surface area (TPSA) is 54.5 Å². The van der Waals surface area contributed by atoms with Gasteiger partial charge in [0, 0.05) is 27.3 Å². The Balaban J connectivity index is 1.65. The quantitative estimate of drug-likeness (QED) is 0.192. The second-order valence-corrected chi connectivity index (χ2v) is 14.1. The SMILES string of the molecule is CCc1ccc(S(=O)(=O)N2C(=C3C=C(c4ccc(C(C)=O)cc4Cl)C=CC3)C(c3ccsc3C(F)(F)F)=C3C=C(F)C=CC32)cc1. The van der Waals surface area contributed by atoms with Crippen LogP contribution in [0.1, 0.15) is 52.2 Å². The predicted molar refractivity (Wildman–Crippen MR) is 173 cm³/mol. The third kappa shape index (κ3) is 5.63. The summed E-state index contributed by atoms with van der Waals surface area (Å²) in [7, 11) is -4.39. The number of hydrogen-bond acceptors (Lipinski definition) is 4. The van der Waals surface area contributed by atoms with Gasteiger partial charge in [0.25, 0.3) is 10.0 Å². The van der Waals surface area contributed by atoms with Gasteiger partial charge in [-0.3, -0.25) is 9.10 Å². The number of aryl methyl sites for hydroxylation is 1. The van der Waals surface area contributed by atoms with Gasteiger partial charge in [0.05, 0.1) is 16.6 Å². The van der Waals surface area contributed by atoms with Crippen molar-refractivity contribution in [2.24, 2.45) is 0 Å². The summed E-state index contributed by atoms with van der Waals surface area (Å²) in [5.74, 6) is -0.882. The van der Waals surface area contributed by atoms with Crippen molar-refractivity contribution in [3.8, 4) is 0 Å². The predicted octanol–water partition coefficient (Wildman–Crippen LogP) is 9.73. The average Bonchev–Trinajstić information content (AvgIpc) is 3.64. The van der Waals surface area contributed by atoms with Gasteiger partial charge >= 0.3 is 6.18 Å². The van der Waals surface area contributed by atoms with Crippen LogP contribution < -0.4 is 0 Å². The molecule has 0 bridgehead atoms. The van der Waals surface area contributed by atoms with Gasteiger partial charge in [0.2, 0.25) is 0 Å². The molecule has 236 valence electrons. The maximum Gasteiger partial charge on any atom is 0.426 e. The summed E-state index contributed by atoms with van der Waals surface area (Å²) in [4.78, 5) is 10.9. The minimum atomic E-state index is -4.74. The lowest BCUT2D eigenvalue weighted by Gasteiger charge is -2.30. The van der Waals surface area contributed by atoms with Crippen molar-refractivity contribution in [2.75, 3.05) is 0 Å². The Bertz CT molecular complexity index is 2060. The number of alkyl halides is 3. The first-order valence-corrected chi connectivity index (χ1v) is 17.0. The number of hydrogen-bond donors (Lipinski definition) is 0. The fourth-order valence-corrected chi connectivity index (χ4v) is 8.58. The van der Waals surface area contributed by atoms with Crippen LogP contribution in [0, 0.1) is 0 Å². The first-order valence-electron chi connectivity index (χ1n) is 14.3. The van der Waals surface area contributed by atoms with Crippen molar-refractivity contribution in [3.05, 3.63) is 145 Å². The number of ketones is 1. The van der Waals surface area contributed by atoms with Crippen molar-refractivity contribution >= 4 is 49.9 Å².